The lowest BCUT2D eigenvalue weighted by Crippen LogP contribution is -2.37. The Hall–Kier alpha value is -1.77. The molecule has 0 aliphatic heterocycles. The maximum absolute atomic E-state index is 9.57. The van der Waals surface area contributed by atoms with Gasteiger partial charge in [-0.25, -0.2) is 0 Å². The van der Waals surface area contributed by atoms with Crippen LogP contribution in [0.25, 0.3) is 0 Å². The number of nitrogens with zero attached hydrogens (tertiary/aromatic N) is 1. The second-order valence-electron chi connectivity index (χ2n) is 3.92. The molecule has 5 nitrogen and oxygen atoms in total. The van der Waals surface area contributed by atoms with Gasteiger partial charge in [0, 0.05) is 6.54 Å². The second kappa shape index (κ2) is 4.84. The van der Waals surface area contributed by atoms with Crippen LogP contribution in [0.15, 0.2) is 18.2 Å². The lowest BCUT2D eigenvalue weighted by atomic mass is 10.1. The summed E-state index contributed by atoms with van der Waals surface area (Å²) in [5.41, 5.74) is 6.07. The first-order valence-electron chi connectivity index (χ1n) is 4.85. The van der Waals surface area contributed by atoms with Crippen LogP contribution >= 0.6 is 0 Å². The van der Waals surface area contributed by atoms with Crippen molar-refractivity contribution in [1.29, 1.82) is 5.26 Å². The summed E-state index contributed by atoms with van der Waals surface area (Å²) in [5.74, 6) is 0. The summed E-state index contributed by atoms with van der Waals surface area (Å²) in [5, 5.41) is 30.0. The van der Waals surface area contributed by atoms with Crippen LogP contribution in [-0.4, -0.2) is 29.0 Å². The fraction of sp³-hybridized carbons (Fsp3) is 0.364. The van der Waals surface area contributed by atoms with Crippen molar-refractivity contribution in [3.05, 3.63) is 23.8 Å². The zero-order chi connectivity index (χ0) is 12.2. The van der Waals surface area contributed by atoms with E-state index in [1.165, 1.54) is 6.92 Å². The number of nitrogens with two attached hydrogens (primary N) is 1. The molecule has 0 spiro atoms. The molecule has 5 N–H and O–H groups in total. The van der Waals surface area contributed by atoms with Crippen molar-refractivity contribution in [1.82, 2.24) is 0 Å². The summed E-state index contributed by atoms with van der Waals surface area (Å²) in [7, 11) is 0. The van der Waals surface area contributed by atoms with E-state index < -0.39 is 5.60 Å². The first-order valence-corrected chi connectivity index (χ1v) is 4.85. The summed E-state index contributed by atoms with van der Waals surface area (Å²) in [6.07, 6.45) is 0. The number of nitrogens with one attached hydrogen (secondary N) is 1. The average Bonchev–Trinajstić information content (AvgIpc) is 2.27. The van der Waals surface area contributed by atoms with Gasteiger partial charge in [-0.3, -0.25) is 0 Å². The molecule has 1 atom stereocenters. The van der Waals surface area contributed by atoms with E-state index in [1.54, 1.807) is 18.2 Å². The highest BCUT2D eigenvalue weighted by atomic mass is 16.3. The Morgan fingerprint density at radius 2 is 2.25 bits per heavy atom. The standard InChI is InChI=1S/C11H15N3O2/c1-11(16,7-15)6-14-10-3-2-8(5-12)4-9(10)13/h2-4,14-16H,6-7,13H2,1H3. The Morgan fingerprint density at radius 3 is 2.75 bits per heavy atom. The molecule has 1 aromatic carbocycles. The molecule has 0 fully saturated rings. The van der Waals surface area contributed by atoms with Crippen molar-refractivity contribution in [3.8, 4) is 6.07 Å². The van der Waals surface area contributed by atoms with Crippen LogP contribution in [0, 0.1) is 11.3 Å². The largest absolute Gasteiger partial charge is 0.397 e. The maximum Gasteiger partial charge on any atom is 0.102 e. The topological polar surface area (TPSA) is 102 Å². The van der Waals surface area contributed by atoms with E-state index in [0.29, 0.717) is 16.9 Å². The second-order valence-corrected chi connectivity index (χ2v) is 3.92. The normalized spacial score (nSPS) is 13.9. The van der Waals surface area contributed by atoms with Crippen molar-refractivity contribution in [3.63, 3.8) is 0 Å². The van der Waals surface area contributed by atoms with E-state index in [4.69, 9.17) is 16.1 Å². The number of hydrogen-bond donors (Lipinski definition) is 4. The van der Waals surface area contributed by atoms with Crippen molar-refractivity contribution < 1.29 is 10.2 Å². The van der Waals surface area contributed by atoms with Crippen LogP contribution in [0.5, 0.6) is 0 Å². The van der Waals surface area contributed by atoms with Gasteiger partial charge in [0.1, 0.15) is 5.60 Å². The molecule has 5 heteroatoms. The summed E-state index contributed by atoms with van der Waals surface area (Å²) in [6.45, 7) is 1.36. The van der Waals surface area contributed by atoms with Gasteiger partial charge in [-0.2, -0.15) is 5.26 Å². The first-order chi connectivity index (χ1) is 7.48. The predicted molar refractivity (Wildman–Crippen MR) is 61.8 cm³/mol. The Labute approximate surface area is 94.1 Å². The van der Waals surface area contributed by atoms with Crippen LogP contribution in [0.4, 0.5) is 11.4 Å². The van der Waals surface area contributed by atoms with Crippen LogP contribution in [0.3, 0.4) is 0 Å². The molecule has 0 aliphatic rings. The monoisotopic (exact) mass is 221 g/mol. The lowest BCUT2D eigenvalue weighted by molar-refractivity contribution is 0.0132. The third-order valence-corrected chi connectivity index (χ3v) is 2.18. The van der Waals surface area contributed by atoms with Gasteiger partial charge < -0.3 is 21.3 Å². The van der Waals surface area contributed by atoms with E-state index in [-0.39, 0.29) is 13.2 Å². The van der Waals surface area contributed by atoms with Gasteiger partial charge in [0.15, 0.2) is 0 Å². The van der Waals surface area contributed by atoms with Gasteiger partial charge in [0.05, 0.1) is 29.6 Å². The van der Waals surface area contributed by atoms with Crippen LogP contribution in [0.2, 0.25) is 0 Å². The molecule has 0 radical (unpaired) electrons. The van der Waals surface area contributed by atoms with Gasteiger partial charge in [-0.15, -0.1) is 0 Å². The molecule has 1 rings (SSSR count). The summed E-state index contributed by atoms with van der Waals surface area (Å²) in [6, 6.07) is 6.83. The van der Waals surface area contributed by atoms with E-state index in [1.807, 2.05) is 6.07 Å². The van der Waals surface area contributed by atoms with Gasteiger partial charge in [0.2, 0.25) is 0 Å². The lowest BCUT2D eigenvalue weighted by Gasteiger charge is -2.21. The average molecular weight is 221 g/mol. The SMILES string of the molecule is CC(O)(CO)CNc1ccc(C#N)cc1N. The number of rotatable bonds is 4. The van der Waals surface area contributed by atoms with Crippen LogP contribution in [0.1, 0.15) is 12.5 Å². The first kappa shape index (κ1) is 12.3. The van der Waals surface area contributed by atoms with E-state index >= 15 is 0 Å². The van der Waals surface area contributed by atoms with Crippen LogP contribution < -0.4 is 11.1 Å². The minimum absolute atomic E-state index is 0.180. The predicted octanol–water partition coefficient (Wildman–Crippen LogP) is 0.296. The Balaban J connectivity index is 2.73. The van der Waals surface area contributed by atoms with E-state index in [2.05, 4.69) is 5.32 Å². The summed E-state index contributed by atoms with van der Waals surface area (Å²) < 4.78 is 0. The van der Waals surface area contributed by atoms with Crippen molar-refractivity contribution in [2.75, 3.05) is 24.2 Å². The third kappa shape index (κ3) is 3.12. The molecule has 86 valence electrons. The molecule has 0 aromatic heterocycles. The number of aliphatic hydroxyl groups is 2. The number of nitrogen functional groups attached to an aromatic ring is 1. The van der Waals surface area contributed by atoms with E-state index in [9.17, 15) is 5.11 Å². The van der Waals surface area contributed by atoms with Crippen molar-refractivity contribution >= 4 is 11.4 Å². The molecule has 16 heavy (non-hydrogen) atoms. The van der Waals surface area contributed by atoms with E-state index in [0.717, 1.165) is 0 Å². The zero-order valence-corrected chi connectivity index (χ0v) is 9.07. The Morgan fingerprint density at radius 1 is 1.56 bits per heavy atom. The van der Waals surface area contributed by atoms with Crippen LogP contribution in [-0.2, 0) is 0 Å². The minimum atomic E-state index is -1.19. The fourth-order valence-electron chi connectivity index (χ4n) is 1.13. The molecular formula is C11H15N3O2. The molecule has 0 saturated carbocycles. The molecule has 1 unspecified atom stereocenters. The third-order valence-electron chi connectivity index (χ3n) is 2.18. The highest BCUT2D eigenvalue weighted by Crippen LogP contribution is 2.20. The summed E-state index contributed by atoms with van der Waals surface area (Å²) >= 11 is 0. The Kier molecular flexibility index (Phi) is 3.72. The smallest absolute Gasteiger partial charge is 0.102 e. The van der Waals surface area contributed by atoms with Gasteiger partial charge in [0.25, 0.3) is 0 Å². The fourth-order valence-corrected chi connectivity index (χ4v) is 1.13. The van der Waals surface area contributed by atoms with Crippen molar-refractivity contribution in [2.45, 2.75) is 12.5 Å². The Bertz CT molecular complexity index is 410. The minimum Gasteiger partial charge on any atom is -0.397 e. The molecular weight excluding hydrogens is 206 g/mol. The number of hydrogen-bond acceptors (Lipinski definition) is 5. The number of nitriles is 1. The molecule has 0 heterocycles. The maximum atomic E-state index is 9.57. The quantitative estimate of drug-likeness (QED) is 0.547. The van der Waals surface area contributed by atoms with Gasteiger partial charge in [-0.1, -0.05) is 0 Å². The molecule has 1 aromatic rings. The van der Waals surface area contributed by atoms with Gasteiger partial charge in [-0.05, 0) is 25.1 Å². The number of benzene rings is 1. The summed E-state index contributed by atoms with van der Waals surface area (Å²) in [4.78, 5) is 0. The zero-order valence-electron chi connectivity index (χ0n) is 9.07. The molecule has 0 aliphatic carbocycles. The van der Waals surface area contributed by atoms with Crippen molar-refractivity contribution in [2.24, 2.45) is 0 Å². The highest BCUT2D eigenvalue weighted by molar-refractivity contribution is 5.68. The highest BCUT2D eigenvalue weighted by Gasteiger charge is 2.18. The molecule has 0 amide bonds. The number of anilines is 2. The molecule has 0 bridgehead atoms. The number of aliphatic hydroxyl groups excluding tert-OH is 1. The van der Waals surface area contributed by atoms with Gasteiger partial charge >= 0.3 is 0 Å². The molecule has 0 saturated heterocycles.